The highest BCUT2D eigenvalue weighted by atomic mass is 35.5. The minimum absolute atomic E-state index is 0.0699. The van der Waals surface area contributed by atoms with Crippen molar-refractivity contribution >= 4 is 35.1 Å². The van der Waals surface area contributed by atoms with Gasteiger partial charge in [0.15, 0.2) is 17.3 Å². The monoisotopic (exact) mass is 589 g/mol. The van der Waals surface area contributed by atoms with E-state index >= 15 is 0 Å². The van der Waals surface area contributed by atoms with Gasteiger partial charge >= 0.3 is 5.97 Å². The Balaban J connectivity index is 1.96. The fraction of sp³-hybridized carbons (Fsp3) is 0.207. The molecule has 1 unspecified atom stereocenters. The minimum Gasteiger partial charge on any atom is -0.481 e. The van der Waals surface area contributed by atoms with Gasteiger partial charge in [0.1, 0.15) is 5.82 Å². The molecule has 11 heteroatoms. The number of amides is 1. The molecule has 0 spiro atoms. The molecule has 0 fully saturated rings. The molecule has 4 aromatic rings. The minimum atomic E-state index is -1.35. The lowest BCUT2D eigenvalue weighted by atomic mass is 9.94. The van der Waals surface area contributed by atoms with E-state index in [2.05, 4.69) is 5.10 Å². The van der Waals surface area contributed by atoms with Crippen LogP contribution in [0, 0.1) is 24.4 Å². The maximum Gasteiger partial charge on any atom is 0.310 e. The number of carboxylic acids is 1. The van der Waals surface area contributed by atoms with E-state index in [1.165, 1.54) is 25.6 Å². The quantitative estimate of drug-likeness (QED) is 0.225. The molecule has 6 nitrogen and oxygen atoms in total. The summed E-state index contributed by atoms with van der Waals surface area (Å²) in [6, 6.07) is 12.9. The average Bonchev–Trinajstić information content (AvgIpc) is 3.32. The third-order valence-electron chi connectivity index (χ3n) is 6.89. The van der Waals surface area contributed by atoms with Crippen LogP contribution in [0.4, 0.5) is 13.2 Å². The first kappa shape index (κ1) is 29.2. The number of carbonyl (C=O) groups excluding carboxylic acids is 1. The van der Waals surface area contributed by atoms with Crippen molar-refractivity contribution in [2.45, 2.75) is 32.7 Å². The topological polar surface area (TPSA) is 75.4 Å². The number of benzene rings is 3. The Labute approximate surface area is 238 Å². The zero-order chi connectivity index (χ0) is 29.5. The Kier molecular flexibility index (Phi) is 8.28. The number of carboxylic acid groups (broad SMARTS) is 1. The van der Waals surface area contributed by atoms with Crippen molar-refractivity contribution in [2.24, 2.45) is 0 Å². The first-order valence-electron chi connectivity index (χ1n) is 12.1. The van der Waals surface area contributed by atoms with Crippen LogP contribution in [0.15, 0.2) is 54.6 Å². The van der Waals surface area contributed by atoms with Gasteiger partial charge in [0.05, 0.1) is 28.4 Å². The summed E-state index contributed by atoms with van der Waals surface area (Å²) in [4.78, 5) is 27.2. The highest BCUT2D eigenvalue weighted by Gasteiger charge is 2.35. The molecule has 0 saturated heterocycles. The van der Waals surface area contributed by atoms with Gasteiger partial charge < -0.3 is 10.0 Å². The number of nitrogens with zero attached hydrogens (tertiary/aromatic N) is 3. The number of halogens is 5. The van der Waals surface area contributed by atoms with Crippen LogP contribution in [0.3, 0.4) is 0 Å². The number of hydrogen-bond acceptors (Lipinski definition) is 3. The van der Waals surface area contributed by atoms with E-state index in [4.69, 9.17) is 23.2 Å². The molecule has 1 aromatic heterocycles. The fourth-order valence-corrected chi connectivity index (χ4v) is 4.71. The van der Waals surface area contributed by atoms with Gasteiger partial charge in [-0.25, -0.2) is 17.9 Å². The van der Waals surface area contributed by atoms with Gasteiger partial charge in [-0.15, -0.1) is 0 Å². The number of para-hydroxylation sites is 1. The van der Waals surface area contributed by atoms with Gasteiger partial charge in [0.25, 0.3) is 5.91 Å². The number of carbonyl (C=O) groups is 2. The van der Waals surface area contributed by atoms with Crippen LogP contribution in [0.2, 0.25) is 10.0 Å². The molecular weight excluding hydrogens is 566 g/mol. The summed E-state index contributed by atoms with van der Waals surface area (Å²) >= 11 is 12.6. The third-order valence-corrected chi connectivity index (χ3v) is 7.47. The SMILES string of the molecule is Cc1c(F)cc([C@@H](C)N(C)C(=O)c2nn(-c3ccccc3Cl)c(-c3ccc(Cl)cc3)c2C(C)C(=O)O)c(F)c1F. The zero-order valence-electron chi connectivity index (χ0n) is 21.8. The van der Waals surface area contributed by atoms with Crippen LogP contribution in [0.1, 0.15) is 53.0 Å². The Morgan fingerprint density at radius 1 is 1.00 bits per heavy atom. The molecule has 3 aromatic carbocycles. The van der Waals surface area contributed by atoms with Crippen molar-refractivity contribution in [1.29, 1.82) is 0 Å². The lowest BCUT2D eigenvalue weighted by molar-refractivity contribution is -0.138. The zero-order valence-corrected chi connectivity index (χ0v) is 23.4. The molecule has 0 aliphatic rings. The van der Waals surface area contributed by atoms with Gasteiger partial charge in [0.2, 0.25) is 0 Å². The molecule has 1 amide bonds. The second kappa shape index (κ2) is 11.3. The van der Waals surface area contributed by atoms with Crippen molar-refractivity contribution in [2.75, 3.05) is 7.05 Å². The number of aliphatic carboxylic acids is 1. The first-order chi connectivity index (χ1) is 18.8. The van der Waals surface area contributed by atoms with E-state index in [1.807, 2.05) is 0 Å². The maximum absolute atomic E-state index is 14.8. The van der Waals surface area contributed by atoms with Gasteiger partial charge in [-0.2, -0.15) is 5.10 Å². The summed E-state index contributed by atoms with van der Waals surface area (Å²) in [6.07, 6.45) is 0. The van der Waals surface area contributed by atoms with Crippen LogP contribution in [0.25, 0.3) is 16.9 Å². The van der Waals surface area contributed by atoms with E-state index in [-0.39, 0.29) is 27.5 Å². The van der Waals surface area contributed by atoms with Crippen LogP contribution in [-0.2, 0) is 4.79 Å². The third kappa shape index (κ3) is 5.19. The Morgan fingerprint density at radius 2 is 1.62 bits per heavy atom. The maximum atomic E-state index is 14.8. The molecule has 0 saturated carbocycles. The molecular formula is C29H24Cl2F3N3O3. The smallest absolute Gasteiger partial charge is 0.310 e. The number of aromatic nitrogens is 2. The molecule has 0 aliphatic carbocycles. The van der Waals surface area contributed by atoms with Gasteiger partial charge in [-0.3, -0.25) is 9.59 Å². The summed E-state index contributed by atoms with van der Waals surface area (Å²) in [5, 5.41) is 15.2. The van der Waals surface area contributed by atoms with Crippen molar-refractivity contribution in [1.82, 2.24) is 14.7 Å². The van der Waals surface area contributed by atoms with E-state index in [9.17, 15) is 27.9 Å². The number of rotatable bonds is 7. The van der Waals surface area contributed by atoms with Gasteiger partial charge in [-0.1, -0.05) is 47.5 Å². The normalized spacial score (nSPS) is 12.7. The highest BCUT2D eigenvalue weighted by Crippen LogP contribution is 2.38. The van der Waals surface area contributed by atoms with Gasteiger partial charge in [-0.05, 0) is 51.1 Å². The molecule has 208 valence electrons. The van der Waals surface area contributed by atoms with E-state index in [0.717, 1.165) is 17.9 Å². The highest BCUT2D eigenvalue weighted by molar-refractivity contribution is 6.32. The van der Waals surface area contributed by atoms with Crippen LogP contribution in [-0.4, -0.2) is 38.7 Å². The lowest BCUT2D eigenvalue weighted by Crippen LogP contribution is -2.32. The summed E-state index contributed by atoms with van der Waals surface area (Å²) < 4.78 is 44.8. The molecule has 2 atom stereocenters. The number of hydrogen-bond donors (Lipinski definition) is 1. The standard InChI is InChI=1S/C29H24Cl2F3N3O3/c1-14-21(32)13-19(25(34)24(14)33)16(3)36(4)28(38)26-23(15(2)29(39)40)27(17-9-11-18(30)12-10-17)37(35-26)22-8-6-5-7-20(22)31/h5-13,15-16H,1-4H3,(H,39,40)/t15?,16-/m1/s1. The predicted octanol–water partition coefficient (Wildman–Crippen LogP) is 7.59. The predicted molar refractivity (Wildman–Crippen MR) is 147 cm³/mol. The van der Waals surface area contributed by atoms with E-state index in [0.29, 0.717) is 16.3 Å². The molecule has 0 radical (unpaired) electrons. The molecule has 40 heavy (non-hydrogen) atoms. The van der Waals surface area contributed by atoms with Crippen LogP contribution >= 0.6 is 23.2 Å². The van der Waals surface area contributed by atoms with Crippen LogP contribution < -0.4 is 0 Å². The molecule has 0 aliphatic heterocycles. The van der Waals surface area contributed by atoms with Crippen molar-refractivity contribution < 1.29 is 27.9 Å². The Hall–Kier alpha value is -3.82. The van der Waals surface area contributed by atoms with Crippen molar-refractivity contribution in [3.8, 4) is 16.9 Å². The molecule has 1 N–H and O–H groups in total. The van der Waals surface area contributed by atoms with Crippen LogP contribution in [0.5, 0.6) is 0 Å². The Morgan fingerprint density at radius 3 is 2.23 bits per heavy atom. The largest absolute Gasteiger partial charge is 0.481 e. The Bertz CT molecular complexity index is 1620. The molecule has 1 heterocycles. The average molecular weight is 590 g/mol. The van der Waals surface area contributed by atoms with Gasteiger partial charge in [0, 0.05) is 34.3 Å². The van der Waals surface area contributed by atoms with E-state index < -0.39 is 46.9 Å². The molecule has 4 rings (SSSR count). The summed E-state index contributed by atoms with van der Waals surface area (Å²) in [5.74, 6) is -6.85. The summed E-state index contributed by atoms with van der Waals surface area (Å²) in [6.45, 7) is 3.91. The van der Waals surface area contributed by atoms with Crippen molar-refractivity contribution in [3.05, 3.63) is 104 Å². The second-order valence-electron chi connectivity index (χ2n) is 9.33. The second-order valence-corrected chi connectivity index (χ2v) is 10.2. The summed E-state index contributed by atoms with van der Waals surface area (Å²) in [7, 11) is 1.31. The van der Waals surface area contributed by atoms with E-state index in [1.54, 1.807) is 48.5 Å². The molecule has 0 bridgehead atoms. The first-order valence-corrected chi connectivity index (χ1v) is 12.9. The fourth-order valence-electron chi connectivity index (χ4n) is 4.36. The van der Waals surface area contributed by atoms with Crippen molar-refractivity contribution in [3.63, 3.8) is 0 Å². The summed E-state index contributed by atoms with van der Waals surface area (Å²) in [5.41, 5.74) is 0.115. The lowest BCUT2D eigenvalue weighted by Gasteiger charge is -2.26.